The van der Waals surface area contributed by atoms with Crippen molar-refractivity contribution in [1.82, 2.24) is 4.90 Å². The van der Waals surface area contributed by atoms with Crippen molar-refractivity contribution in [2.45, 2.75) is 32.7 Å². The molecule has 0 aliphatic carbocycles. The van der Waals surface area contributed by atoms with Crippen LogP contribution in [-0.4, -0.2) is 29.4 Å². The SMILES string of the molecule is Cc1cc(C)cc(NC(=O)[C@@H]2CCCN2C(=O)Nc2ccc(F)cc2)c1. The molecule has 0 spiro atoms. The molecule has 5 nitrogen and oxygen atoms in total. The number of benzene rings is 2. The van der Waals surface area contributed by atoms with E-state index in [1.54, 1.807) is 0 Å². The van der Waals surface area contributed by atoms with E-state index in [0.29, 0.717) is 18.7 Å². The van der Waals surface area contributed by atoms with Gasteiger partial charge in [-0.1, -0.05) is 6.07 Å². The zero-order valence-corrected chi connectivity index (χ0v) is 14.9. The molecule has 0 radical (unpaired) electrons. The second-order valence-corrected chi connectivity index (χ2v) is 6.65. The minimum atomic E-state index is -0.517. The first-order valence-electron chi connectivity index (χ1n) is 8.65. The van der Waals surface area contributed by atoms with Crippen LogP contribution in [0.5, 0.6) is 0 Å². The van der Waals surface area contributed by atoms with Crippen LogP contribution in [0.25, 0.3) is 0 Å². The van der Waals surface area contributed by atoms with Crippen molar-refractivity contribution < 1.29 is 14.0 Å². The number of rotatable bonds is 3. The Morgan fingerprint density at radius 1 is 1.00 bits per heavy atom. The minimum Gasteiger partial charge on any atom is -0.324 e. The third-order valence-corrected chi connectivity index (χ3v) is 4.40. The van der Waals surface area contributed by atoms with Gasteiger partial charge in [0.05, 0.1) is 0 Å². The molecule has 3 rings (SSSR count). The number of anilines is 2. The molecule has 6 heteroatoms. The summed E-state index contributed by atoms with van der Waals surface area (Å²) in [7, 11) is 0. The van der Waals surface area contributed by atoms with E-state index in [1.807, 2.05) is 32.0 Å². The highest BCUT2D eigenvalue weighted by atomic mass is 19.1. The Morgan fingerprint density at radius 3 is 2.31 bits per heavy atom. The van der Waals surface area contributed by atoms with E-state index in [4.69, 9.17) is 0 Å². The molecule has 26 heavy (non-hydrogen) atoms. The van der Waals surface area contributed by atoms with Gasteiger partial charge in [0, 0.05) is 17.9 Å². The van der Waals surface area contributed by atoms with Crippen LogP contribution in [0.2, 0.25) is 0 Å². The van der Waals surface area contributed by atoms with Crippen LogP contribution in [0, 0.1) is 19.7 Å². The molecular formula is C20H22FN3O2. The first-order chi connectivity index (χ1) is 12.4. The average molecular weight is 355 g/mol. The quantitative estimate of drug-likeness (QED) is 0.871. The molecule has 1 aliphatic rings. The maximum atomic E-state index is 13.0. The monoisotopic (exact) mass is 355 g/mol. The number of carbonyl (C=O) groups excluding carboxylic acids is 2. The molecule has 2 aromatic carbocycles. The molecule has 3 amide bonds. The number of aryl methyl sites for hydroxylation is 2. The number of nitrogens with one attached hydrogen (secondary N) is 2. The number of hydrogen-bond donors (Lipinski definition) is 2. The Hall–Kier alpha value is -2.89. The van der Waals surface area contributed by atoms with Crippen molar-refractivity contribution in [2.24, 2.45) is 0 Å². The lowest BCUT2D eigenvalue weighted by molar-refractivity contribution is -0.119. The van der Waals surface area contributed by atoms with Crippen LogP contribution in [0.1, 0.15) is 24.0 Å². The number of halogens is 1. The fourth-order valence-electron chi connectivity index (χ4n) is 3.28. The van der Waals surface area contributed by atoms with Gasteiger partial charge in [-0.3, -0.25) is 4.79 Å². The van der Waals surface area contributed by atoms with E-state index in [0.717, 1.165) is 23.2 Å². The van der Waals surface area contributed by atoms with Crippen molar-refractivity contribution in [3.05, 3.63) is 59.4 Å². The lowest BCUT2D eigenvalue weighted by Gasteiger charge is -2.24. The summed E-state index contributed by atoms with van der Waals surface area (Å²) in [4.78, 5) is 26.7. The molecule has 1 atom stereocenters. The Morgan fingerprint density at radius 2 is 1.65 bits per heavy atom. The molecule has 2 aromatic rings. The summed E-state index contributed by atoms with van der Waals surface area (Å²) in [6.45, 7) is 4.46. The van der Waals surface area contributed by atoms with Crippen LogP contribution in [0.4, 0.5) is 20.6 Å². The smallest absolute Gasteiger partial charge is 0.322 e. The normalized spacial score (nSPS) is 16.4. The van der Waals surface area contributed by atoms with Crippen molar-refractivity contribution in [3.63, 3.8) is 0 Å². The van der Waals surface area contributed by atoms with E-state index < -0.39 is 6.04 Å². The summed E-state index contributed by atoms with van der Waals surface area (Å²) in [6.07, 6.45) is 1.38. The first kappa shape index (κ1) is 17.9. The first-order valence-corrected chi connectivity index (χ1v) is 8.65. The van der Waals surface area contributed by atoms with E-state index in [-0.39, 0.29) is 17.8 Å². The Labute approximate surface area is 152 Å². The van der Waals surface area contributed by atoms with Gasteiger partial charge in [-0.15, -0.1) is 0 Å². The van der Waals surface area contributed by atoms with Gasteiger partial charge >= 0.3 is 6.03 Å². The highest BCUT2D eigenvalue weighted by Crippen LogP contribution is 2.22. The van der Waals surface area contributed by atoms with Crippen molar-refractivity contribution >= 4 is 23.3 Å². The highest BCUT2D eigenvalue weighted by molar-refractivity contribution is 5.99. The molecule has 0 aromatic heterocycles. The van der Waals surface area contributed by atoms with Gasteiger partial charge in [0.2, 0.25) is 5.91 Å². The molecule has 1 fully saturated rings. The lowest BCUT2D eigenvalue weighted by Crippen LogP contribution is -2.45. The molecule has 2 N–H and O–H groups in total. The van der Waals surface area contributed by atoms with Gasteiger partial charge in [-0.2, -0.15) is 0 Å². The Bertz CT molecular complexity index is 800. The zero-order chi connectivity index (χ0) is 18.7. The molecule has 0 bridgehead atoms. The highest BCUT2D eigenvalue weighted by Gasteiger charge is 2.34. The summed E-state index contributed by atoms with van der Waals surface area (Å²) in [5, 5.41) is 5.63. The van der Waals surface area contributed by atoms with Gasteiger partial charge < -0.3 is 15.5 Å². The van der Waals surface area contributed by atoms with Crippen LogP contribution in [-0.2, 0) is 4.79 Å². The van der Waals surface area contributed by atoms with Crippen LogP contribution in [0.3, 0.4) is 0 Å². The zero-order valence-electron chi connectivity index (χ0n) is 14.9. The average Bonchev–Trinajstić information content (AvgIpc) is 3.06. The molecule has 136 valence electrons. The van der Waals surface area contributed by atoms with Gasteiger partial charge in [0.15, 0.2) is 0 Å². The van der Waals surface area contributed by atoms with E-state index in [1.165, 1.54) is 29.2 Å². The number of amides is 3. The molecule has 1 heterocycles. The summed E-state index contributed by atoms with van der Waals surface area (Å²) in [5.74, 6) is -0.559. The van der Waals surface area contributed by atoms with Gasteiger partial charge in [-0.25, -0.2) is 9.18 Å². The predicted molar refractivity (Wildman–Crippen MR) is 99.7 cm³/mol. The standard InChI is InChI=1S/C20H22FN3O2/c1-13-10-14(2)12-17(11-13)22-19(25)18-4-3-9-24(18)20(26)23-16-7-5-15(21)6-8-16/h5-8,10-12,18H,3-4,9H2,1-2H3,(H,22,25)(H,23,26)/t18-/m0/s1. The molecule has 0 saturated carbocycles. The van der Waals surface area contributed by atoms with Crippen LogP contribution < -0.4 is 10.6 Å². The Balaban J connectivity index is 1.67. The second kappa shape index (κ2) is 7.56. The third-order valence-electron chi connectivity index (χ3n) is 4.40. The van der Waals surface area contributed by atoms with Crippen LogP contribution >= 0.6 is 0 Å². The maximum Gasteiger partial charge on any atom is 0.322 e. The number of likely N-dealkylation sites (tertiary alicyclic amines) is 1. The van der Waals surface area contributed by atoms with E-state index in [9.17, 15) is 14.0 Å². The largest absolute Gasteiger partial charge is 0.324 e. The van der Waals surface area contributed by atoms with Gasteiger partial charge in [0.25, 0.3) is 0 Å². The number of urea groups is 1. The summed E-state index contributed by atoms with van der Waals surface area (Å²) in [5.41, 5.74) is 3.37. The topological polar surface area (TPSA) is 61.4 Å². The number of nitrogens with zero attached hydrogens (tertiary/aromatic N) is 1. The van der Waals surface area contributed by atoms with E-state index >= 15 is 0 Å². The summed E-state index contributed by atoms with van der Waals surface area (Å²) < 4.78 is 13.0. The van der Waals surface area contributed by atoms with Crippen LogP contribution in [0.15, 0.2) is 42.5 Å². The fourth-order valence-corrected chi connectivity index (χ4v) is 3.28. The third kappa shape index (κ3) is 4.20. The molecule has 1 saturated heterocycles. The maximum absolute atomic E-state index is 13.0. The minimum absolute atomic E-state index is 0.193. The molecular weight excluding hydrogens is 333 g/mol. The fraction of sp³-hybridized carbons (Fsp3) is 0.300. The van der Waals surface area contributed by atoms with E-state index in [2.05, 4.69) is 10.6 Å². The lowest BCUT2D eigenvalue weighted by atomic mass is 10.1. The van der Waals surface area contributed by atoms with Crippen molar-refractivity contribution in [3.8, 4) is 0 Å². The van der Waals surface area contributed by atoms with Crippen molar-refractivity contribution in [2.75, 3.05) is 17.2 Å². The Kier molecular flexibility index (Phi) is 5.21. The number of carbonyl (C=O) groups is 2. The van der Waals surface area contributed by atoms with Crippen molar-refractivity contribution in [1.29, 1.82) is 0 Å². The molecule has 0 unspecified atom stereocenters. The predicted octanol–water partition coefficient (Wildman–Crippen LogP) is 4.08. The molecule has 1 aliphatic heterocycles. The summed E-state index contributed by atoms with van der Waals surface area (Å²) >= 11 is 0. The number of hydrogen-bond acceptors (Lipinski definition) is 2. The van der Waals surface area contributed by atoms with Gasteiger partial charge in [-0.05, 0) is 74.2 Å². The second-order valence-electron chi connectivity index (χ2n) is 6.65. The van der Waals surface area contributed by atoms with Gasteiger partial charge in [0.1, 0.15) is 11.9 Å². The summed E-state index contributed by atoms with van der Waals surface area (Å²) in [6, 6.07) is 10.5.